The van der Waals surface area contributed by atoms with Gasteiger partial charge < -0.3 is 10.4 Å². The number of amides is 1. The third kappa shape index (κ3) is 3.50. The van der Waals surface area contributed by atoms with Crippen LogP contribution in [0.5, 0.6) is 0 Å². The van der Waals surface area contributed by atoms with E-state index in [1.54, 1.807) is 18.3 Å². The highest BCUT2D eigenvalue weighted by Gasteiger charge is 2.26. The third-order valence-corrected chi connectivity index (χ3v) is 5.54. The molecular formula is C20H21NO2S. The van der Waals surface area contributed by atoms with Gasteiger partial charge in [0.05, 0.1) is 6.54 Å². The van der Waals surface area contributed by atoms with Crippen LogP contribution in [-0.2, 0) is 12.0 Å². The molecule has 0 bridgehead atoms. The molecule has 0 saturated heterocycles. The van der Waals surface area contributed by atoms with Crippen molar-refractivity contribution in [2.45, 2.75) is 25.9 Å². The molecule has 24 heavy (non-hydrogen) atoms. The molecule has 1 atom stereocenters. The maximum atomic E-state index is 12.3. The highest BCUT2D eigenvalue weighted by atomic mass is 32.1. The van der Waals surface area contributed by atoms with Crippen molar-refractivity contribution >= 4 is 27.3 Å². The van der Waals surface area contributed by atoms with Crippen LogP contribution in [0, 0.1) is 0 Å². The number of benzene rings is 2. The van der Waals surface area contributed by atoms with Crippen LogP contribution in [0.4, 0.5) is 0 Å². The van der Waals surface area contributed by atoms with Crippen LogP contribution in [0.2, 0.25) is 0 Å². The Balaban J connectivity index is 1.70. The van der Waals surface area contributed by atoms with Gasteiger partial charge in [0.2, 0.25) is 0 Å². The fourth-order valence-corrected chi connectivity index (χ4v) is 3.69. The fraction of sp³-hybridized carbons (Fsp3) is 0.250. The molecular weight excluding hydrogens is 318 g/mol. The van der Waals surface area contributed by atoms with Crippen molar-refractivity contribution in [2.75, 3.05) is 6.54 Å². The number of thiophene rings is 1. The molecule has 0 radical (unpaired) electrons. The van der Waals surface area contributed by atoms with Gasteiger partial charge in [0.1, 0.15) is 5.60 Å². The van der Waals surface area contributed by atoms with E-state index in [0.29, 0.717) is 5.56 Å². The van der Waals surface area contributed by atoms with Crippen LogP contribution in [-0.4, -0.2) is 17.6 Å². The standard InChI is InChI=1S/C20H21NO2S/c1-3-14-8-10-15(11-9-14)19(22)21-13-20(2,23)18-12-16-6-4-5-7-17(16)24-18/h4-12,23H,3,13H2,1-2H3,(H,21,22). The summed E-state index contributed by atoms with van der Waals surface area (Å²) in [4.78, 5) is 13.1. The average Bonchev–Trinajstić information content (AvgIpc) is 3.05. The van der Waals surface area contributed by atoms with Gasteiger partial charge in [-0.25, -0.2) is 0 Å². The van der Waals surface area contributed by atoms with E-state index < -0.39 is 5.60 Å². The number of fused-ring (bicyclic) bond motifs is 1. The first-order chi connectivity index (χ1) is 11.5. The zero-order valence-electron chi connectivity index (χ0n) is 13.9. The quantitative estimate of drug-likeness (QED) is 0.735. The second kappa shape index (κ2) is 6.75. The molecule has 2 N–H and O–H groups in total. The molecule has 3 nitrogen and oxygen atoms in total. The zero-order valence-corrected chi connectivity index (χ0v) is 14.7. The number of carbonyl (C=O) groups excluding carboxylic acids is 1. The number of hydrogen-bond acceptors (Lipinski definition) is 3. The summed E-state index contributed by atoms with van der Waals surface area (Å²) in [5.74, 6) is -0.168. The average molecular weight is 339 g/mol. The molecule has 124 valence electrons. The highest BCUT2D eigenvalue weighted by Crippen LogP contribution is 2.32. The molecule has 3 rings (SSSR count). The molecule has 0 aliphatic rings. The van der Waals surface area contributed by atoms with Crippen molar-refractivity contribution in [1.29, 1.82) is 0 Å². The molecule has 0 spiro atoms. The molecule has 1 unspecified atom stereocenters. The molecule has 4 heteroatoms. The Morgan fingerprint density at radius 2 is 1.88 bits per heavy atom. The van der Waals surface area contributed by atoms with Crippen LogP contribution in [0.15, 0.2) is 54.6 Å². The van der Waals surface area contributed by atoms with Crippen molar-refractivity contribution in [2.24, 2.45) is 0 Å². The van der Waals surface area contributed by atoms with E-state index in [0.717, 1.165) is 21.4 Å². The highest BCUT2D eigenvalue weighted by molar-refractivity contribution is 7.19. The zero-order chi connectivity index (χ0) is 17.2. The number of rotatable bonds is 5. The SMILES string of the molecule is CCc1ccc(C(=O)NCC(C)(O)c2cc3ccccc3s2)cc1. The first-order valence-electron chi connectivity index (χ1n) is 8.08. The van der Waals surface area contributed by atoms with E-state index in [9.17, 15) is 9.90 Å². The van der Waals surface area contributed by atoms with Gasteiger partial charge in [0, 0.05) is 15.1 Å². The number of hydrogen-bond donors (Lipinski definition) is 2. The monoisotopic (exact) mass is 339 g/mol. The maximum Gasteiger partial charge on any atom is 0.251 e. The van der Waals surface area contributed by atoms with Gasteiger partial charge in [-0.15, -0.1) is 11.3 Å². The van der Waals surface area contributed by atoms with E-state index in [4.69, 9.17) is 0 Å². The Bertz CT molecular complexity index is 816. The van der Waals surface area contributed by atoms with Crippen LogP contribution in [0.3, 0.4) is 0 Å². The summed E-state index contributed by atoms with van der Waals surface area (Å²) in [6.45, 7) is 3.99. The lowest BCUT2D eigenvalue weighted by Crippen LogP contribution is -2.38. The second-order valence-electron chi connectivity index (χ2n) is 6.16. The lowest BCUT2D eigenvalue weighted by atomic mass is 10.0. The summed E-state index contributed by atoms with van der Waals surface area (Å²) >= 11 is 1.56. The van der Waals surface area contributed by atoms with Crippen LogP contribution in [0.1, 0.15) is 34.6 Å². The topological polar surface area (TPSA) is 49.3 Å². The Morgan fingerprint density at radius 3 is 2.54 bits per heavy atom. The molecule has 3 aromatic rings. The minimum absolute atomic E-state index is 0.168. The van der Waals surface area contributed by atoms with Crippen LogP contribution >= 0.6 is 11.3 Å². The molecule has 1 amide bonds. The Kier molecular flexibility index (Phi) is 4.69. The summed E-state index contributed by atoms with van der Waals surface area (Å²) in [5.41, 5.74) is 0.714. The van der Waals surface area contributed by atoms with Crippen LogP contribution < -0.4 is 5.32 Å². The first-order valence-corrected chi connectivity index (χ1v) is 8.90. The normalized spacial score (nSPS) is 13.6. The minimum atomic E-state index is -1.09. The fourth-order valence-electron chi connectivity index (χ4n) is 2.58. The lowest BCUT2D eigenvalue weighted by Gasteiger charge is -2.22. The predicted molar refractivity (Wildman–Crippen MR) is 99.5 cm³/mol. The first kappa shape index (κ1) is 16.7. The van der Waals surface area contributed by atoms with Gasteiger partial charge in [-0.05, 0) is 48.6 Å². The van der Waals surface area contributed by atoms with E-state index in [-0.39, 0.29) is 12.5 Å². The molecule has 1 heterocycles. The van der Waals surface area contributed by atoms with E-state index in [1.165, 1.54) is 5.56 Å². The molecule has 0 aliphatic heterocycles. The van der Waals surface area contributed by atoms with E-state index >= 15 is 0 Å². The number of carbonyl (C=O) groups is 1. The summed E-state index contributed by atoms with van der Waals surface area (Å²) in [6.07, 6.45) is 0.947. The third-order valence-electron chi connectivity index (χ3n) is 4.17. The number of nitrogens with one attached hydrogen (secondary N) is 1. The summed E-state index contributed by atoms with van der Waals surface area (Å²) < 4.78 is 1.13. The maximum absolute atomic E-state index is 12.3. The molecule has 0 fully saturated rings. The molecule has 1 aromatic heterocycles. The molecule has 0 saturated carbocycles. The molecule has 2 aromatic carbocycles. The van der Waals surface area contributed by atoms with Gasteiger partial charge >= 0.3 is 0 Å². The lowest BCUT2D eigenvalue weighted by molar-refractivity contribution is 0.0557. The van der Waals surface area contributed by atoms with Crippen molar-refractivity contribution < 1.29 is 9.90 Å². The van der Waals surface area contributed by atoms with Gasteiger partial charge in [-0.2, -0.15) is 0 Å². The van der Waals surface area contributed by atoms with Gasteiger partial charge in [-0.1, -0.05) is 37.3 Å². The summed E-state index contributed by atoms with van der Waals surface area (Å²) in [7, 11) is 0. The Morgan fingerprint density at radius 1 is 1.17 bits per heavy atom. The largest absolute Gasteiger partial charge is 0.383 e. The van der Waals surface area contributed by atoms with Crippen molar-refractivity contribution in [3.63, 3.8) is 0 Å². The van der Waals surface area contributed by atoms with Gasteiger partial charge in [0.15, 0.2) is 0 Å². The minimum Gasteiger partial charge on any atom is -0.383 e. The Hall–Kier alpha value is -2.17. The summed E-state index contributed by atoms with van der Waals surface area (Å²) in [6, 6.07) is 17.6. The number of aliphatic hydroxyl groups is 1. The van der Waals surface area contributed by atoms with E-state index in [1.807, 2.05) is 54.6 Å². The Labute approximate surface area is 146 Å². The van der Waals surface area contributed by atoms with Crippen molar-refractivity contribution in [1.82, 2.24) is 5.32 Å². The van der Waals surface area contributed by atoms with Gasteiger partial charge in [-0.3, -0.25) is 4.79 Å². The predicted octanol–water partition coefficient (Wildman–Crippen LogP) is 4.10. The smallest absolute Gasteiger partial charge is 0.251 e. The molecule has 0 aliphatic carbocycles. The van der Waals surface area contributed by atoms with Gasteiger partial charge in [0.25, 0.3) is 5.91 Å². The van der Waals surface area contributed by atoms with E-state index in [2.05, 4.69) is 12.2 Å². The summed E-state index contributed by atoms with van der Waals surface area (Å²) in [5, 5.41) is 14.7. The van der Waals surface area contributed by atoms with Crippen LogP contribution in [0.25, 0.3) is 10.1 Å². The van der Waals surface area contributed by atoms with Crippen molar-refractivity contribution in [3.8, 4) is 0 Å². The van der Waals surface area contributed by atoms with Crippen molar-refractivity contribution in [3.05, 3.63) is 70.6 Å². The number of aryl methyl sites for hydroxylation is 1. The second-order valence-corrected chi connectivity index (χ2v) is 7.24.